The first-order valence-corrected chi connectivity index (χ1v) is 5.59. The predicted octanol–water partition coefficient (Wildman–Crippen LogP) is 1.31. The number of nitrogens with one attached hydrogen (secondary N) is 1. The lowest BCUT2D eigenvalue weighted by atomic mass is 10.1. The molecule has 0 aliphatic heterocycles. The van der Waals surface area contributed by atoms with Crippen molar-refractivity contribution in [1.82, 2.24) is 0 Å². The lowest BCUT2D eigenvalue weighted by Gasteiger charge is -2.13. The molecule has 0 bridgehead atoms. The Morgan fingerprint density at radius 3 is 2.19 bits per heavy atom. The maximum Gasteiger partial charge on any atom is 0.340 e. The number of carbonyl (C=O) groups is 1. The molecule has 8 heteroatoms. The Balaban J connectivity index is 3.34. The largest absolute Gasteiger partial charge is 0.493 e. The predicted molar refractivity (Wildman–Crippen MR) is 73.2 cm³/mol. The van der Waals surface area contributed by atoms with Crippen LogP contribution in [0.1, 0.15) is 10.4 Å². The van der Waals surface area contributed by atoms with Gasteiger partial charge in [-0.1, -0.05) is 0 Å². The zero-order valence-corrected chi connectivity index (χ0v) is 11.6. The molecule has 1 aromatic rings. The molecule has 0 saturated heterocycles. The Bertz CT molecular complexity index is 639. The highest BCUT2D eigenvalue weighted by molar-refractivity contribution is 6.10. The number of nitrogens with zero attached hydrogens (tertiary/aromatic N) is 3. The molecule has 0 amide bonds. The number of carbonyl (C=O) groups excluding carboxylic acids is 1. The molecule has 1 N–H and O–H groups in total. The molecule has 21 heavy (non-hydrogen) atoms. The van der Waals surface area contributed by atoms with Crippen LogP contribution in [0.4, 0.5) is 5.69 Å². The third-order valence-corrected chi connectivity index (χ3v) is 2.43. The standard InChI is InChI=1S/C13H12N4O4/c1-19-11-4-9(13(18)21-3)10(5-12(11)20-2)17-16-8(6-14)7-15/h4-5,17H,1-3H3. The zero-order valence-electron chi connectivity index (χ0n) is 11.6. The van der Waals surface area contributed by atoms with Crippen LogP contribution in [0.2, 0.25) is 0 Å². The third kappa shape index (κ3) is 3.61. The average Bonchev–Trinajstić information content (AvgIpc) is 2.54. The summed E-state index contributed by atoms with van der Waals surface area (Å²) in [5, 5.41) is 20.8. The summed E-state index contributed by atoms with van der Waals surface area (Å²) in [6.45, 7) is 0. The van der Waals surface area contributed by atoms with Crippen LogP contribution in [0.15, 0.2) is 17.2 Å². The molecule has 0 unspecified atom stereocenters. The summed E-state index contributed by atoms with van der Waals surface area (Å²) in [5.74, 6) is 0.0376. The molecule has 0 heterocycles. The van der Waals surface area contributed by atoms with Crippen molar-refractivity contribution in [2.45, 2.75) is 0 Å². The highest BCUT2D eigenvalue weighted by Crippen LogP contribution is 2.33. The van der Waals surface area contributed by atoms with E-state index in [0.717, 1.165) is 0 Å². The summed E-state index contributed by atoms with van der Waals surface area (Å²) in [5.41, 5.74) is 2.40. The van der Waals surface area contributed by atoms with E-state index in [2.05, 4.69) is 15.3 Å². The fourth-order valence-electron chi connectivity index (χ4n) is 1.44. The van der Waals surface area contributed by atoms with Gasteiger partial charge >= 0.3 is 5.97 Å². The molecular weight excluding hydrogens is 276 g/mol. The molecule has 0 fully saturated rings. The number of rotatable bonds is 5. The van der Waals surface area contributed by atoms with E-state index in [1.165, 1.54) is 33.5 Å². The van der Waals surface area contributed by atoms with Gasteiger partial charge < -0.3 is 14.2 Å². The Kier molecular flexibility index (Phi) is 5.54. The van der Waals surface area contributed by atoms with Crippen LogP contribution in [0.3, 0.4) is 0 Å². The van der Waals surface area contributed by atoms with Crippen molar-refractivity contribution < 1.29 is 19.0 Å². The van der Waals surface area contributed by atoms with Crippen LogP contribution in [-0.2, 0) is 4.74 Å². The second-order valence-corrected chi connectivity index (χ2v) is 3.54. The van der Waals surface area contributed by atoms with Gasteiger partial charge in [0, 0.05) is 12.1 Å². The molecular formula is C13H12N4O4. The van der Waals surface area contributed by atoms with Gasteiger partial charge in [0.2, 0.25) is 5.71 Å². The number of ether oxygens (including phenoxy) is 3. The highest BCUT2D eigenvalue weighted by atomic mass is 16.5. The summed E-state index contributed by atoms with van der Waals surface area (Å²) in [7, 11) is 4.08. The Morgan fingerprint density at radius 2 is 1.71 bits per heavy atom. The van der Waals surface area contributed by atoms with Crippen LogP contribution in [0, 0.1) is 22.7 Å². The SMILES string of the molecule is COC(=O)c1cc(OC)c(OC)cc1NN=C(C#N)C#N. The summed E-state index contributed by atoms with van der Waals surface area (Å²) in [6.07, 6.45) is 0. The van der Waals surface area contributed by atoms with Gasteiger partial charge in [-0.25, -0.2) is 4.79 Å². The molecule has 0 aromatic heterocycles. The van der Waals surface area contributed by atoms with Crippen molar-refractivity contribution in [2.24, 2.45) is 5.10 Å². The first-order chi connectivity index (χ1) is 10.1. The lowest BCUT2D eigenvalue weighted by Crippen LogP contribution is -2.08. The van der Waals surface area contributed by atoms with E-state index in [-0.39, 0.29) is 17.0 Å². The summed E-state index contributed by atoms with van der Waals surface area (Å²) >= 11 is 0. The smallest absolute Gasteiger partial charge is 0.340 e. The van der Waals surface area contributed by atoms with Gasteiger partial charge in [-0.3, -0.25) is 5.43 Å². The van der Waals surface area contributed by atoms with Gasteiger partial charge in [0.1, 0.15) is 12.1 Å². The van der Waals surface area contributed by atoms with Gasteiger partial charge in [-0.15, -0.1) is 0 Å². The van der Waals surface area contributed by atoms with E-state index in [1.54, 1.807) is 12.1 Å². The van der Waals surface area contributed by atoms with Gasteiger partial charge in [-0.2, -0.15) is 15.6 Å². The quantitative estimate of drug-likeness (QED) is 0.493. The van der Waals surface area contributed by atoms with E-state index in [0.29, 0.717) is 11.5 Å². The molecule has 108 valence electrons. The van der Waals surface area contributed by atoms with Crippen molar-refractivity contribution in [3.05, 3.63) is 17.7 Å². The molecule has 1 aromatic carbocycles. The number of esters is 1. The van der Waals surface area contributed by atoms with E-state index < -0.39 is 5.97 Å². The van der Waals surface area contributed by atoms with Crippen molar-refractivity contribution >= 4 is 17.4 Å². The normalized spacial score (nSPS) is 8.81. The summed E-state index contributed by atoms with van der Waals surface area (Å²) < 4.78 is 14.9. The van der Waals surface area contributed by atoms with Crippen molar-refractivity contribution in [1.29, 1.82) is 10.5 Å². The molecule has 0 aliphatic carbocycles. The molecule has 0 radical (unpaired) electrons. The van der Waals surface area contributed by atoms with E-state index in [4.69, 9.17) is 20.0 Å². The number of benzene rings is 1. The average molecular weight is 288 g/mol. The van der Waals surface area contributed by atoms with Gasteiger partial charge in [0.15, 0.2) is 11.5 Å². The second-order valence-electron chi connectivity index (χ2n) is 3.54. The molecule has 8 nitrogen and oxygen atoms in total. The van der Waals surface area contributed by atoms with Crippen LogP contribution >= 0.6 is 0 Å². The molecule has 1 rings (SSSR count). The molecule has 0 atom stereocenters. The number of hydrogen-bond donors (Lipinski definition) is 1. The van der Waals surface area contributed by atoms with Gasteiger partial charge in [-0.05, 0) is 0 Å². The van der Waals surface area contributed by atoms with E-state index in [9.17, 15) is 4.79 Å². The third-order valence-electron chi connectivity index (χ3n) is 2.43. The minimum atomic E-state index is -0.635. The molecule has 0 saturated carbocycles. The Morgan fingerprint density at radius 1 is 1.14 bits per heavy atom. The van der Waals surface area contributed by atoms with Crippen LogP contribution < -0.4 is 14.9 Å². The second kappa shape index (κ2) is 7.36. The van der Waals surface area contributed by atoms with Crippen molar-refractivity contribution in [3.63, 3.8) is 0 Å². The highest BCUT2D eigenvalue weighted by Gasteiger charge is 2.17. The fourth-order valence-corrected chi connectivity index (χ4v) is 1.44. The Hall–Kier alpha value is -3.26. The Labute approximate surface area is 121 Å². The zero-order chi connectivity index (χ0) is 15.8. The minimum absolute atomic E-state index is 0.120. The van der Waals surface area contributed by atoms with Gasteiger partial charge in [0.25, 0.3) is 0 Å². The number of hydrogen-bond acceptors (Lipinski definition) is 8. The van der Waals surface area contributed by atoms with Crippen LogP contribution in [-0.4, -0.2) is 33.0 Å². The maximum absolute atomic E-state index is 11.7. The van der Waals surface area contributed by atoms with Crippen LogP contribution in [0.25, 0.3) is 0 Å². The monoisotopic (exact) mass is 288 g/mol. The first-order valence-electron chi connectivity index (χ1n) is 5.59. The van der Waals surface area contributed by atoms with Crippen molar-refractivity contribution in [2.75, 3.05) is 26.8 Å². The summed E-state index contributed by atoms with van der Waals surface area (Å²) in [6, 6.07) is 6.03. The summed E-state index contributed by atoms with van der Waals surface area (Å²) in [4.78, 5) is 11.7. The van der Waals surface area contributed by atoms with E-state index >= 15 is 0 Å². The number of hydrazone groups is 1. The molecule has 0 spiro atoms. The maximum atomic E-state index is 11.7. The number of anilines is 1. The lowest BCUT2D eigenvalue weighted by molar-refractivity contribution is 0.0601. The minimum Gasteiger partial charge on any atom is -0.493 e. The van der Waals surface area contributed by atoms with Gasteiger partial charge in [0.05, 0.1) is 32.6 Å². The van der Waals surface area contributed by atoms with Crippen molar-refractivity contribution in [3.8, 4) is 23.6 Å². The fraction of sp³-hybridized carbons (Fsp3) is 0.231. The number of methoxy groups -OCH3 is 3. The topological polar surface area (TPSA) is 117 Å². The van der Waals surface area contributed by atoms with Crippen LogP contribution in [0.5, 0.6) is 11.5 Å². The first kappa shape index (κ1) is 15.8. The number of nitriles is 2. The molecule has 0 aliphatic rings. The van der Waals surface area contributed by atoms with E-state index in [1.807, 2.05) is 0 Å².